The average Bonchev–Trinajstić information content (AvgIpc) is 2.52. The van der Waals surface area contributed by atoms with Crippen LogP contribution in [0.4, 0.5) is 0 Å². The van der Waals surface area contributed by atoms with Crippen LogP contribution in [0.15, 0.2) is 30.3 Å². The van der Waals surface area contributed by atoms with Crippen LogP contribution in [0.1, 0.15) is 37.6 Å². The highest BCUT2D eigenvalue weighted by molar-refractivity contribution is 5.98. The van der Waals surface area contributed by atoms with E-state index in [1.165, 1.54) is 7.11 Å². The number of hydrogen-bond donors (Lipinski definition) is 1. The van der Waals surface area contributed by atoms with Crippen molar-refractivity contribution in [2.45, 2.75) is 38.8 Å². The van der Waals surface area contributed by atoms with E-state index in [4.69, 9.17) is 9.47 Å². The van der Waals surface area contributed by atoms with Gasteiger partial charge in [-0.1, -0.05) is 25.1 Å². The molecule has 0 unspecified atom stereocenters. The smallest absolute Gasteiger partial charge is 0.334 e. The Morgan fingerprint density at radius 2 is 1.86 bits per heavy atom. The lowest BCUT2D eigenvalue weighted by Crippen LogP contribution is -2.62. The van der Waals surface area contributed by atoms with Gasteiger partial charge in [0.15, 0.2) is 5.54 Å². The van der Waals surface area contributed by atoms with Crippen LogP contribution >= 0.6 is 0 Å². The molecular formula is C16H23NO4. The maximum atomic E-state index is 12.4. The summed E-state index contributed by atoms with van der Waals surface area (Å²) in [6.07, 6.45) is -0.119. The van der Waals surface area contributed by atoms with Gasteiger partial charge in [0.1, 0.15) is 0 Å². The van der Waals surface area contributed by atoms with Gasteiger partial charge < -0.3 is 14.8 Å². The van der Waals surface area contributed by atoms with Gasteiger partial charge in [-0.05, 0) is 32.4 Å². The minimum atomic E-state index is -1.20. The summed E-state index contributed by atoms with van der Waals surface area (Å²) in [4.78, 5) is 24.6. The highest BCUT2D eigenvalue weighted by Crippen LogP contribution is 2.21. The van der Waals surface area contributed by atoms with Gasteiger partial charge in [-0.25, -0.2) is 4.79 Å². The first-order chi connectivity index (χ1) is 10.0. The van der Waals surface area contributed by atoms with Crippen molar-refractivity contribution in [3.8, 4) is 0 Å². The molecule has 0 aliphatic carbocycles. The molecule has 0 aliphatic rings. The molecule has 0 radical (unpaired) electrons. The topological polar surface area (TPSA) is 64.6 Å². The van der Waals surface area contributed by atoms with Crippen LogP contribution in [-0.2, 0) is 14.3 Å². The molecular weight excluding hydrogens is 270 g/mol. The van der Waals surface area contributed by atoms with Crippen LogP contribution in [0, 0.1) is 0 Å². The predicted octanol–water partition coefficient (Wildman–Crippen LogP) is 2.16. The Kier molecular flexibility index (Phi) is 6.37. The van der Waals surface area contributed by atoms with E-state index >= 15 is 0 Å². The van der Waals surface area contributed by atoms with E-state index in [0.717, 1.165) is 0 Å². The van der Waals surface area contributed by atoms with E-state index in [1.807, 2.05) is 19.9 Å². The number of nitrogens with one attached hydrogen (secondary N) is 1. The molecule has 1 aromatic rings. The summed E-state index contributed by atoms with van der Waals surface area (Å²) in [5.74, 6) is -0.829. The maximum absolute atomic E-state index is 12.4. The fourth-order valence-corrected chi connectivity index (χ4v) is 2.28. The minimum absolute atomic E-state index is 0.325. The van der Waals surface area contributed by atoms with E-state index in [1.54, 1.807) is 31.2 Å². The maximum Gasteiger partial charge on any atom is 0.334 e. The summed E-state index contributed by atoms with van der Waals surface area (Å²) in [7, 11) is 1.31. The summed E-state index contributed by atoms with van der Waals surface area (Å²) >= 11 is 0. The van der Waals surface area contributed by atoms with Crippen LogP contribution in [-0.4, -0.2) is 37.2 Å². The molecule has 21 heavy (non-hydrogen) atoms. The molecule has 1 amide bonds. The molecule has 1 aromatic carbocycles. The van der Waals surface area contributed by atoms with Crippen molar-refractivity contribution in [1.29, 1.82) is 0 Å². The molecule has 0 fully saturated rings. The van der Waals surface area contributed by atoms with E-state index in [-0.39, 0.29) is 5.91 Å². The summed E-state index contributed by atoms with van der Waals surface area (Å²) in [5.41, 5.74) is -0.708. The number of benzene rings is 1. The first-order valence-corrected chi connectivity index (χ1v) is 7.09. The largest absolute Gasteiger partial charge is 0.467 e. The van der Waals surface area contributed by atoms with Crippen LogP contribution in [0.3, 0.4) is 0 Å². The second-order valence-corrected chi connectivity index (χ2v) is 4.73. The number of carbonyl (C=O) groups excluding carboxylic acids is 2. The van der Waals surface area contributed by atoms with Gasteiger partial charge in [-0.2, -0.15) is 0 Å². The lowest BCUT2D eigenvalue weighted by atomic mass is 9.89. The van der Waals surface area contributed by atoms with Gasteiger partial charge >= 0.3 is 5.97 Å². The number of hydrogen-bond acceptors (Lipinski definition) is 4. The molecule has 0 saturated carbocycles. The van der Waals surface area contributed by atoms with Crippen molar-refractivity contribution in [3.63, 3.8) is 0 Å². The number of ether oxygens (including phenoxy) is 2. The first-order valence-electron chi connectivity index (χ1n) is 7.09. The molecule has 0 aromatic heterocycles. The second kappa shape index (κ2) is 7.78. The Hall–Kier alpha value is -1.88. The highest BCUT2D eigenvalue weighted by Gasteiger charge is 2.45. The molecule has 1 N–H and O–H groups in total. The van der Waals surface area contributed by atoms with Gasteiger partial charge in [0, 0.05) is 12.2 Å². The lowest BCUT2D eigenvalue weighted by molar-refractivity contribution is -0.155. The number of methoxy groups -OCH3 is 1. The summed E-state index contributed by atoms with van der Waals surface area (Å²) in [6, 6.07) is 8.75. The number of carbonyl (C=O) groups is 2. The first kappa shape index (κ1) is 17.2. The third-order valence-electron chi connectivity index (χ3n) is 3.59. The zero-order valence-corrected chi connectivity index (χ0v) is 13.0. The van der Waals surface area contributed by atoms with Gasteiger partial charge in [0.25, 0.3) is 5.91 Å². The van der Waals surface area contributed by atoms with Crippen LogP contribution < -0.4 is 5.32 Å². The molecule has 5 nitrogen and oxygen atoms in total. The van der Waals surface area contributed by atoms with E-state index < -0.39 is 17.6 Å². The predicted molar refractivity (Wildman–Crippen MR) is 80.0 cm³/mol. The number of amides is 1. The van der Waals surface area contributed by atoms with E-state index in [9.17, 15) is 9.59 Å². The van der Waals surface area contributed by atoms with Gasteiger partial charge in [-0.3, -0.25) is 4.79 Å². The number of esters is 1. The SMILES string of the molecule is CCO[C@H](C)[C@@](CC)(NC(=O)c1ccccc1)C(=O)OC. The van der Waals surface area contributed by atoms with E-state index in [0.29, 0.717) is 18.6 Å². The third-order valence-corrected chi connectivity index (χ3v) is 3.59. The van der Waals surface area contributed by atoms with Crippen LogP contribution in [0.25, 0.3) is 0 Å². The second-order valence-electron chi connectivity index (χ2n) is 4.73. The molecule has 0 aliphatic heterocycles. The normalized spacial score (nSPS) is 14.9. The average molecular weight is 293 g/mol. The monoisotopic (exact) mass is 293 g/mol. The Morgan fingerprint density at radius 1 is 1.24 bits per heavy atom. The molecule has 2 atom stereocenters. The van der Waals surface area contributed by atoms with Crippen molar-refractivity contribution >= 4 is 11.9 Å². The molecule has 0 heterocycles. The molecule has 0 bridgehead atoms. The Bertz CT molecular complexity index is 474. The molecule has 0 spiro atoms. The fraction of sp³-hybridized carbons (Fsp3) is 0.500. The zero-order valence-electron chi connectivity index (χ0n) is 13.0. The van der Waals surface area contributed by atoms with Crippen LogP contribution in [0.5, 0.6) is 0 Å². The summed E-state index contributed by atoms with van der Waals surface area (Å²) in [6.45, 7) is 5.86. The van der Waals surface area contributed by atoms with Crippen molar-refractivity contribution in [1.82, 2.24) is 5.32 Å². The van der Waals surface area contributed by atoms with Gasteiger partial charge in [0.05, 0.1) is 13.2 Å². The molecule has 116 valence electrons. The quantitative estimate of drug-likeness (QED) is 0.782. The molecule has 1 rings (SSSR count). The van der Waals surface area contributed by atoms with Crippen LogP contribution in [0.2, 0.25) is 0 Å². The summed E-state index contributed by atoms with van der Waals surface area (Å²) in [5, 5.41) is 2.79. The fourth-order valence-electron chi connectivity index (χ4n) is 2.28. The van der Waals surface area contributed by atoms with Crippen molar-refractivity contribution in [3.05, 3.63) is 35.9 Å². The Morgan fingerprint density at radius 3 is 2.33 bits per heavy atom. The molecule has 0 saturated heterocycles. The van der Waals surface area contributed by atoms with Crippen molar-refractivity contribution in [2.24, 2.45) is 0 Å². The minimum Gasteiger partial charge on any atom is -0.467 e. The Balaban J connectivity index is 3.07. The number of rotatable bonds is 7. The zero-order chi connectivity index (χ0) is 15.9. The lowest BCUT2D eigenvalue weighted by Gasteiger charge is -2.36. The third kappa shape index (κ3) is 3.82. The Labute approximate surface area is 125 Å². The van der Waals surface area contributed by atoms with E-state index in [2.05, 4.69) is 5.32 Å². The standard InChI is InChI=1S/C16H23NO4/c1-5-16(15(19)20-4,12(3)21-6-2)17-14(18)13-10-8-7-9-11-13/h7-12H,5-6H2,1-4H3,(H,17,18)/t12-,16-/m1/s1. The molecule has 5 heteroatoms. The summed E-state index contributed by atoms with van der Waals surface area (Å²) < 4.78 is 10.4. The van der Waals surface area contributed by atoms with Crippen molar-refractivity contribution < 1.29 is 19.1 Å². The van der Waals surface area contributed by atoms with Gasteiger partial charge in [0.2, 0.25) is 0 Å². The van der Waals surface area contributed by atoms with Gasteiger partial charge in [-0.15, -0.1) is 0 Å². The highest BCUT2D eigenvalue weighted by atomic mass is 16.5. The van der Waals surface area contributed by atoms with Crippen molar-refractivity contribution in [2.75, 3.05) is 13.7 Å².